The van der Waals surface area contributed by atoms with E-state index in [2.05, 4.69) is 21.8 Å². The monoisotopic (exact) mass is 289 g/mol. The number of rotatable bonds is 6. The molecule has 2 fully saturated rings. The summed E-state index contributed by atoms with van der Waals surface area (Å²) in [7, 11) is 0. The summed E-state index contributed by atoms with van der Waals surface area (Å²) >= 11 is 0. The Kier molecular flexibility index (Phi) is 4.61. The minimum absolute atomic E-state index is 0.227. The Bertz CT molecular complexity index is 484. The molecule has 1 heterocycles. The van der Waals surface area contributed by atoms with E-state index in [-0.39, 0.29) is 5.91 Å². The summed E-state index contributed by atoms with van der Waals surface area (Å²) in [5, 5.41) is 3.09. The maximum atomic E-state index is 12.0. The molecule has 0 aliphatic heterocycles. The highest BCUT2D eigenvalue weighted by atomic mass is 16.1. The number of nitrogens with one attached hydrogen (secondary N) is 1. The van der Waals surface area contributed by atoms with Gasteiger partial charge < -0.3 is 9.88 Å². The van der Waals surface area contributed by atoms with Gasteiger partial charge in [-0.2, -0.15) is 0 Å². The van der Waals surface area contributed by atoms with Crippen molar-refractivity contribution < 1.29 is 4.79 Å². The van der Waals surface area contributed by atoms with Gasteiger partial charge in [0.2, 0.25) is 5.91 Å². The Hall–Kier alpha value is -1.32. The van der Waals surface area contributed by atoms with Crippen molar-refractivity contribution in [3.8, 4) is 0 Å². The molecule has 1 N–H and O–H groups in total. The molecule has 0 aromatic carbocycles. The van der Waals surface area contributed by atoms with Gasteiger partial charge in [0.1, 0.15) is 5.82 Å². The number of imidazole rings is 1. The molecule has 3 rings (SSSR count). The van der Waals surface area contributed by atoms with Crippen molar-refractivity contribution in [3.05, 3.63) is 17.7 Å². The molecule has 2 aliphatic rings. The zero-order valence-corrected chi connectivity index (χ0v) is 13.1. The van der Waals surface area contributed by atoms with Crippen LogP contribution in [-0.2, 0) is 11.3 Å². The second kappa shape index (κ2) is 6.63. The summed E-state index contributed by atoms with van der Waals surface area (Å²) in [6.07, 6.45) is 11.6. The topological polar surface area (TPSA) is 46.9 Å². The molecule has 1 aromatic heterocycles. The molecule has 0 atom stereocenters. The highest BCUT2D eigenvalue weighted by Gasteiger charge is 2.24. The van der Waals surface area contributed by atoms with Gasteiger partial charge in [0.05, 0.1) is 0 Å². The molecule has 0 unspecified atom stereocenters. The van der Waals surface area contributed by atoms with Crippen LogP contribution in [-0.4, -0.2) is 22.0 Å². The van der Waals surface area contributed by atoms with Gasteiger partial charge in [0.15, 0.2) is 0 Å². The maximum Gasteiger partial charge on any atom is 0.220 e. The van der Waals surface area contributed by atoms with Crippen LogP contribution in [0.4, 0.5) is 0 Å². The van der Waals surface area contributed by atoms with Gasteiger partial charge in [0, 0.05) is 37.3 Å². The quantitative estimate of drug-likeness (QED) is 0.874. The molecule has 0 radical (unpaired) electrons. The van der Waals surface area contributed by atoms with Gasteiger partial charge in [0.25, 0.3) is 0 Å². The van der Waals surface area contributed by atoms with Crippen molar-refractivity contribution >= 4 is 5.91 Å². The fraction of sp³-hybridized carbons (Fsp3) is 0.765. The molecule has 0 bridgehead atoms. The number of carbonyl (C=O) groups is 1. The largest absolute Gasteiger partial charge is 0.354 e. The molecule has 116 valence electrons. The Balaban J connectivity index is 1.46. The lowest BCUT2D eigenvalue weighted by molar-refractivity contribution is -0.122. The van der Waals surface area contributed by atoms with Crippen LogP contribution in [0.5, 0.6) is 0 Å². The summed E-state index contributed by atoms with van der Waals surface area (Å²) in [5.41, 5.74) is 1.21. The van der Waals surface area contributed by atoms with E-state index in [0.29, 0.717) is 11.8 Å². The summed E-state index contributed by atoms with van der Waals surface area (Å²) in [5.74, 6) is 2.73. The number of carbonyl (C=O) groups excluding carboxylic acids is 1. The van der Waals surface area contributed by atoms with Crippen molar-refractivity contribution in [2.75, 3.05) is 6.54 Å². The van der Waals surface area contributed by atoms with Gasteiger partial charge in [-0.25, -0.2) is 4.98 Å². The lowest BCUT2D eigenvalue weighted by atomic mass is 9.85. The van der Waals surface area contributed by atoms with Crippen molar-refractivity contribution in [3.63, 3.8) is 0 Å². The number of aromatic nitrogens is 2. The first-order valence-electron chi connectivity index (χ1n) is 8.53. The molecule has 21 heavy (non-hydrogen) atoms. The first kappa shape index (κ1) is 14.6. The Morgan fingerprint density at radius 1 is 1.29 bits per heavy atom. The standard InChI is InChI=1S/C17H27N3O/c1-13-12-19-17(15-7-4-8-15)20(13)10-9-18-16(21)11-14-5-2-3-6-14/h12,14-15H,2-11H2,1H3,(H,18,21). The lowest BCUT2D eigenvalue weighted by Crippen LogP contribution is -2.29. The molecule has 4 nitrogen and oxygen atoms in total. The molecule has 1 amide bonds. The van der Waals surface area contributed by atoms with Crippen molar-refractivity contribution in [2.45, 2.75) is 70.8 Å². The zero-order chi connectivity index (χ0) is 14.7. The fourth-order valence-corrected chi connectivity index (χ4v) is 3.62. The average molecular weight is 289 g/mol. The van der Waals surface area contributed by atoms with Gasteiger partial charge in [-0.05, 0) is 38.5 Å². The number of hydrogen-bond acceptors (Lipinski definition) is 2. The first-order valence-corrected chi connectivity index (χ1v) is 8.53. The second-order valence-corrected chi connectivity index (χ2v) is 6.74. The van der Waals surface area contributed by atoms with Crippen LogP contribution < -0.4 is 5.32 Å². The predicted octanol–water partition coefficient (Wildman–Crippen LogP) is 3.16. The van der Waals surface area contributed by atoms with Gasteiger partial charge in [-0.15, -0.1) is 0 Å². The summed E-state index contributed by atoms with van der Waals surface area (Å²) in [6.45, 7) is 3.69. The number of aryl methyl sites for hydroxylation is 1. The van der Waals surface area contributed by atoms with E-state index >= 15 is 0 Å². The van der Waals surface area contributed by atoms with Crippen LogP contribution in [0.25, 0.3) is 0 Å². The lowest BCUT2D eigenvalue weighted by Gasteiger charge is -2.26. The van der Waals surface area contributed by atoms with Crippen molar-refractivity contribution in [1.82, 2.24) is 14.9 Å². The maximum absolute atomic E-state index is 12.0. The highest BCUT2D eigenvalue weighted by Crippen LogP contribution is 2.35. The fourth-order valence-electron chi connectivity index (χ4n) is 3.62. The first-order chi connectivity index (χ1) is 10.2. The van der Waals surface area contributed by atoms with E-state index < -0.39 is 0 Å². The van der Waals surface area contributed by atoms with E-state index in [1.807, 2.05) is 6.20 Å². The molecule has 2 saturated carbocycles. The molecule has 0 saturated heterocycles. The molecule has 4 heteroatoms. The zero-order valence-electron chi connectivity index (χ0n) is 13.1. The molecule has 1 aromatic rings. The second-order valence-electron chi connectivity index (χ2n) is 6.74. The Morgan fingerprint density at radius 3 is 2.71 bits per heavy atom. The van der Waals surface area contributed by atoms with Crippen LogP contribution in [0.1, 0.15) is 68.8 Å². The van der Waals surface area contributed by atoms with Gasteiger partial charge in [-0.1, -0.05) is 19.3 Å². The molecule has 2 aliphatic carbocycles. The van der Waals surface area contributed by atoms with Crippen molar-refractivity contribution in [1.29, 1.82) is 0 Å². The number of amides is 1. The van der Waals surface area contributed by atoms with Gasteiger partial charge in [-0.3, -0.25) is 4.79 Å². The van der Waals surface area contributed by atoms with Crippen LogP contribution in [0.2, 0.25) is 0 Å². The summed E-state index contributed by atoms with van der Waals surface area (Å²) in [4.78, 5) is 16.5. The van der Waals surface area contributed by atoms with Crippen LogP contribution in [0.15, 0.2) is 6.20 Å². The van der Waals surface area contributed by atoms with Crippen molar-refractivity contribution in [2.24, 2.45) is 5.92 Å². The van der Waals surface area contributed by atoms with E-state index in [4.69, 9.17) is 0 Å². The molecular formula is C17H27N3O. The Labute approximate surface area is 127 Å². The molecule has 0 spiro atoms. The van der Waals surface area contributed by atoms with E-state index in [1.165, 1.54) is 56.5 Å². The number of hydrogen-bond donors (Lipinski definition) is 1. The summed E-state index contributed by atoms with van der Waals surface area (Å²) in [6, 6.07) is 0. The number of nitrogens with zero attached hydrogens (tertiary/aromatic N) is 2. The Morgan fingerprint density at radius 2 is 2.05 bits per heavy atom. The summed E-state index contributed by atoms with van der Waals surface area (Å²) < 4.78 is 2.29. The SMILES string of the molecule is Cc1cnc(C2CCC2)n1CCNC(=O)CC1CCCC1. The minimum Gasteiger partial charge on any atom is -0.354 e. The van der Waals surface area contributed by atoms with Crippen LogP contribution in [0.3, 0.4) is 0 Å². The third kappa shape index (κ3) is 3.47. The third-order valence-corrected chi connectivity index (χ3v) is 5.16. The van der Waals surface area contributed by atoms with Gasteiger partial charge >= 0.3 is 0 Å². The van der Waals surface area contributed by atoms with Crippen LogP contribution >= 0.6 is 0 Å². The smallest absolute Gasteiger partial charge is 0.220 e. The molecular weight excluding hydrogens is 262 g/mol. The normalized spacial score (nSPS) is 19.7. The minimum atomic E-state index is 0.227. The van der Waals surface area contributed by atoms with E-state index in [1.54, 1.807) is 0 Å². The highest BCUT2D eigenvalue weighted by molar-refractivity contribution is 5.76. The van der Waals surface area contributed by atoms with E-state index in [0.717, 1.165) is 19.5 Å². The average Bonchev–Trinajstić information content (AvgIpc) is 3.01. The van der Waals surface area contributed by atoms with E-state index in [9.17, 15) is 4.79 Å². The van der Waals surface area contributed by atoms with Crippen LogP contribution in [0, 0.1) is 12.8 Å². The predicted molar refractivity (Wildman–Crippen MR) is 83.1 cm³/mol. The third-order valence-electron chi connectivity index (χ3n) is 5.16.